The van der Waals surface area contributed by atoms with Gasteiger partial charge < -0.3 is 15.3 Å². The van der Waals surface area contributed by atoms with Crippen molar-refractivity contribution in [2.45, 2.75) is 38.1 Å². The van der Waals surface area contributed by atoms with Crippen molar-refractivity contribution in [1.29, 1.82) is 0 Å². The van der Waals surface area contributed by atoms with Crippen LogP contribution in [-0.4, -0.2) is 47.1 Å². The molecule has 2 fully saturated rings. The molecule has 0 aliphatic carbocycles. The highest BCUT2D eigenvalue weighted by molar-refractivity contribution is 5.88. The fourth-order valence-corrected chi connectivity index (χ4v) is 2.82. The van der Waals surface area contributed by atoms with Crippen LogP contribution in [0.2, 0.25) is 0 Å². The summed E-state index contributed by atoms with van der Waals surface area (Å²) in [7, 11) is 0. The first-order valence-corrected chi connectivity index (χ1v) is 6.31. The fourth-order valence-electron chi connectivity index (χ4n) is 2.82. The van der Waals surface area contributed by atoms with Gasteiger partial charge in [-0.2, -0.15) is 0 Å². The van der Waals surface area contributed by atoms with E-state index in [1.54, 1.807) is 11.8 Å². The SMILES string of the molecule is CC1(C(=O)O)CCCN1C(=O)C1CCCNC1. The third-order valence-corrected chi connectivity index (χ3v) is 4.01. The average Bonchev–Trinajstić information content (AvgIpc) is 2.73. The van der Waals surface area contributed by atoms with Gasteiger partial charge in [0.15, 0.2) is 0 Å². The van der Waals surface area contributed by atoms with Gasteiger partial charge in [-0.3, -0.25) is 4.79 Å². The summed E-state index contributed by atoms with van der Waals surface area (Å²) in [6.45, 7) is 3.89. The van der Waals surface area contributed by atoms with Gasteiger partial charge in [0.1, 0.15) is 5.54 Å². The number of likely N-dealkylation sites (tertiary alicyclic amines) is 1. The molecule has 0 saturated carbocycles. The predicted octanol–water partition coefficient (Wildman–Crippen LogP) is 0.452. The van der Waals surface area contributed by atoms with Crippen molar-refractivity contribution in [3.8, 4) is 0 Å². The molecule has 2 rings (SSSR count). The molecule has 0 aromatic rings. The van der Waals surface area contributed by atoms with E-state index in [0.717, 1.165) is 25.8 Å². The number of rotatable bonds is 2. The van der Waals surface area contributed by atoms with Crippen LogP contribution < -0.4 is 5.32 Å². The van der Waals surface area contributed by atoms with Crippen molar-refractivity contribution in [3.63, 3.8) is 0 Å². The number of amides is 1. The Hall–Kier alpha value is -1.10. The topological polar surface area (TPSA) is 69.6 Å². The summed E-state index contributed by atoms with van der Waals surface area (Å²) in [5, 5.41) is 12.5. The van der Waals surface area contributed by atoms with Crippen molar-refractivity contribution >= 4 is 11.9 Å². The number of nitrogens with zero attached hydrogens (tertiary/aromatic N) is 1. The van der Waals surface area contributed by atoms with E-state index in [1.165, 1.54) is 0 Å². The molecule has 0 bridgehead atoms. The van der Waals surface area contributed by atoms with Crippen molar-refractivity contribution < 1.29 is 14.7 Å². The Kier molecular flexibility index (Phi) is 3.38. The second-order valence-electron chi connectivity index (χ2n) is 5.22. The molecule has 5 heteroatoms. The summed E-state index contributed by atoms with van der Waals surface area (Å²) >= 11 is 0. The number of hydrogen-bond acceptors (Lipinski definition) is 3. The lowest BCUT2D eigenvalue weighted by molar-refractivity contribution is -0.157. The number of nitrogens with one attached hydrogen (secondary N) is 1. The average molecular weight is 240 g/mol. The van der Waals surface area contributed by atoms with Gasteiger partial charge in [-0.05, 0) is 39.2 Å². The van der Waals surface area contributed by atoms with Crippen LogP contribution in [0.1, 0.15) is 32.6 Å². The van der Waals surface area contributed by atoms with Crippen molar-refractivity contribution in [1.82, 2.24) is 10.2 Å². The maximum absolute atomic E-state index is 12.3. The monoisotopic (exact) mass is 240 g/mol. The second-order valence-corrected chi connectivity index (χ2v) is 5.22. The molecule has 0 aromatic carbocycles. The van der Waals surface area contributed by atoms with E-state index in [2.05, 4.69) is 5.32 Å². The summed E-state index contributed by atoms with van der Waals surface area (Å²) in [4.78, 5) is 25.2. The van der Waals surface area contributed by atoms with E-state index >= 15 is 0 Å². The Balaban J connectivity index is 2.10. The lowest BCUT2D eigenvalue weighted by Gasteiger charge is -2.35. The second kappa shape index (κ2) is 4.64. The number of piperidine rings is 1. The van der Waals surface area contributed by atoms with Gasteiger partial charge in [0.25, 0.3) is 0 Å². The van der Waals surface area contributed by atoms with E-state index in [1.807, 2.05) is 0 Å². The Morgan fingerprint density at radius 2 is 2.18 bits per heavy atom. The molecule has 2 atom stereocenters. The van der Waals surface area contributed by atoms with Crippen LogP contribution in [0.25, 0.3) is 0 Å². The van der Waals surface area contributed by atoms with Crippen LogP contribution in [0.5, 0.6) is 0 Å². The third-order valence-electron chi connectivity index (χ3n) is 4.01. The molecule has 0 aromatic heterocycles. The molecule has 0 radical (unpaired) electrons. The minimum absolute atomic E-state index is 0.0135. The van der Waals surface area contributed by atoms with E-state index in [4.69, 9.17) is 0 Å². The molecule has 2 heterocycles. The van der Waals surface area contributed by atoms with Gasteiger partial charge in [-0.1, -0.05) is 0 Å². The first-order chi connectivity index (χ1) is 8.05. The lowest BCUT2D eigenvalue weighted by Crippen LogP contribution is -2.54. The van der Waals surface area contributed by atoms with E-state index in [9.17, 15) is 14.7 Å². The minimum atomic E-state index is -0.992. The Labute approximate surface area is 101 Å². The summed E-state index contributed by atoms with van der Waals surface area (Å²) in [6, 6.07) is 0. The van der Waals surface area contributed by atoms with Gasteiger partial charge in [0.05, 0.1) is 5.92 Å². The third kappa shape index (κ3) is 2.16. The summed E-state index contributed by atoms with van der Waals surface area (Å²) in [5.41, 5.74) is -0.992. The van der Waals surface area contributed by atoms with Gasteiger partial charge in [0.2, 0.25) is 5.91 Å². The molecule has 2 saturated heterocycles. The highest BCUT2D eigenvalue weighted by atomic mass is 16.4. The van der Waals surface area contributed by atoms with E-state index < -0.39 is 11.5 Å². The van der Waals surface area contributed by atoms with Crippen LogP contribution in [0.4, 0.5) is 0 Å². The van der Waals surface area contributed by atoms with E-state index in [-0.39, 0.29) is 11.8 Å². The van der Waals surface area contributed by atoms with Gasteiger partial charge in [-0.15, -0.1) is 0 Å². The molecule has 17 heavy (non-hydrogen) atoms. The Bertz CT molecular complexity index is 326. The zero-order chi connectivity index (χ0) is 12.5. The van der Waals surface area contributed by atoms with Crippen molar-refractivity contribution in [3.05, 3.63) is 0 Å². The number of carboxylic acids is 1. The molecule has 2 unspecified atom stereocenters. The zero-order valence-electron chi connectivity index (χ0n) is 10.2. The smallest absolute Gasteiger partial charge is 0.329 e. The lowest BCUT2D eigenvalue weighted by atomic mass is 9.94. The van der Waals surface area contributed by atoms with Crippen molar-refractivity contribution in [2.24, 2.45) is 5.92 Å². The molecule has 0 spiro atoms. The first kappa shape index (κ1) is 12.4. The highest BCUT2D eigenvalue weighted by Gasteiger charge is 2.47. The van der Waals surface area contributed by atoms with Crippen LogP contribution in [0.15, 0.2) is 0 Å². The van der Waals surface area contributed by atoms with Crippen LogP contribution in [0, 0.1) is 5.92 Å². The van der Waals surface area contributed by atoms with Gasteiger partial charge in [0, 0.05) is 13.1 Å². The normalized spacial score (nSPS) is 33.7. The number of carboxylic acid groups (broad SMARTS) is 1. The molecule has 2 N–H and O–H groups in total. The minimum Gasteiger partial charge on any atom is -0.480 e. The maximum Gasteiger partial charge on any atom is 0.329 e. The number of carbonyl (C=O) groups excluding carboxylic acids is 1. The summed E-state index contributed by atoms with van der Waals surface area (Å²) in [6.07, 6.45) is 3.22. The Morgan fingerprint density at radius 1 is 1.41 bits per heavy atom. The summed E-state index contributed by atoms with van der Waals surface area (Å²) in [5.74, 6) is -0.910. The quantitative estimate of drug-likeness (QED) is 0.735. The largest absolute Gasteiger partial charge is 0.480 e. The van der Waals surface area contributed by atoms with Gasteiger partial charge >= 0.3 is 5.97 Å². The first-order valence-electron chi connectivity index (χ1n) is 6.31. The molecule has 2 aliphatic heterocycles. The van der Waals surface area contributed by atoms with Crippen molar-refractivity contribution in [2.75, 3.05) is 19.6 Å². The molecule has 5 nitrogen and oxygen atoms in total. The Morgan fingerprint density at radius 3 is 2.76 bits per heavy atom. The molecule has 1 amide bonds. The number of hydrogen-bond donors (Lipinski definition) is 2. The summed E-state index contributed by atoms with van der Waals surface area (Å²) < 4.78 is 0. The fraction of sp³-hybridized carbons (Fsp3) is 0.833. The highest BCUT2D eigenvalue weighted by Crippen LogP contribution is 2.31. The molecule has 2 aliphatic rings. The predicted molar refractivity (Wildman–Crippen MR) is 62.6 cm³/mol. The zero-order valence-corrected chi connectivity index (χ0v) is 10.2. The maximum atomic E-state index is 12.3. The molecular formula is C12H20N2O3. The number of aliphatic carboxylic acids is 1. The molecule has 96 valence electrons. The molecular weight excluding hydrogens is 220 g/mol. The van der Waals surface area contributed by atoms with Crippen LogP contribution in [-0.2, 0) is 9.59 Å². The number of carbonyl (C=O) groups is 2. The van der Waals surface area contributed by atoms with Crippen LogP contribution >= 0.6 is 0 Å². The van der Waals surface area contributed by atoms with Gasteiger partial charge in [-0.25, -0.2) is 4.79 Å². The van der Waals surface area contributed by atoms with Crippen LogP contribution in [0.3, 0.4) is 0 Å². The standard InChI is InChI=1S/C12H20N2O3/c1-12(11(16)17)5-3-7-14(12)10(15)9-4-2-6-13-8-9/h9,13H,2-8H2,1H3,(H,16,17). The van der Waals surface area contributed by atoms with E-state index in [0.29, 0.717) is 19.5 Å².